The van der Waals surface area contributed by atoms with Crippen molar-refractivity contribution in [1.29, 1.82) is 0 Å². The number of nitrogens with one attached hydrogen (secondary N) is 1. The molecule has 0 aliphatic heterocycles. The van der Waals surface area contributed by atoms with Crippen LogP contribution in [0.5, 0.6) is 0 Å². The van der Waals surface area contributed by atoms with Gasteiger partial charge in [0, 0.05) is 13.0 Å². The quantitative estimate of drug-likeness (QED) is 0.739. The fourth-order valence-corrected chi connectivity index (χ4v) is 2.00. The highest BCUT2D eigenvalue weighted by Crippen LogP contribution is 2.21. The molecule has 7 heteroatoms. The van der Waals surface area contributed by atoms with Gasteiger partial charge >= 0.3 is 5.97 Å². The summed E-state index contributed by atoms with van der Waals surface area (Å²) < 4.78 is 0.458. The Morgan fingerprint density at radius 3 is 2.62 bits per heavy atom. The van der Waals surface area contributed by atoms with E-state index in [2.05, 4.69) is 5.32 Å². The molecule has 3 N–H and O–H groups in total. The maximum atomic E-state index is 11.5. The maximum absolute atomic E-state index is 11.5. The monoisotopic (exact) mass is 263 g/mol. The molecule has 0 spiro atoms. The van der Waals surface area contributed by atoms with Gasteiger partial charge in [-0.3, -0.25) is 4.79 Å². The average Bonchev–Trinajstić information content (AvgIpc) is 2.64. The van der Waals surface area contributed by atoms with E-state index in [1.807, 2.05) is 0 Å². The third-order valence-corrected chi connectivity index (χ3v) is 3.05. The second-order valence-electron chi connectivity index (χ2n) is 2.98. The normalized spacial score (nSPS) is 12.1. The molecule has 1 atom stereocenters. The van der Waals surface area contributed by atoms with E-state index in [4.69, 9.17) is 21.8 Å². The van der Waals surface area contributed by atoms with Crippen LogP contribution in [0.1, 0.15) is 16.1 Å². The molecule has 1 amide bonds. The molecule has 16 heavy (non-hydrogen) atoms. The van der Waals surface area contributed by atoms with Crippen LogP contribution in [0.25, 0.3) is 0 Å². The van der Waals surface area contributed by atoms with Gasteiger partial charge in [-0.25, -0.2) is 4.79 Å². The number of aliphatic hydroxyl groups excluding tert-OH is 1. The summed E-state index contributed by atoms with van der Waals surface area (Å²) in [6.45, 7) is -0.303. The van der Waals surface area contributed by atoms with Crippen molar-refractivity contribution in [3.05, 3.63) is 21.3 Å². The highest BCUT2D eigenvalue weighted by molar-refractivity contribution is 7.18. The zero-order valence-electron chi connectivity index (χ0n) is 8.14. The first-order valence-corrected chi connectivity index (χ1v) is 5.64. The van der Waals surface area contributed by atoms with E-state index in [-0.39, 0.29) is 13.0 Å². The molecule has 0 aliphatic rings. The van der Waals surface area contributed by atoms with Crippen LogP contribution >= 0.6 is 22.9 Å². The number of halogens is 1. The molecular weight excluding hydrogens is 254 g/mol. The van der Waals surface area contributed by atoms with Crippen molar-refractivity contribution in [2.24, 2.45) is 0 Å². The lowest BCUT2D eigenvalue weighted by Crippen LogP contribution is -2.41. The predicted octanol–water partition coefficient (Wildman–Crippen LogP) is 0.967. The van der Waals surface area contributed by atoms with Gasteiger partial charge in [-0.1, -0.05) is 11.6 Å². The average molecular weight is 264 g/mol. The largest absolute Gasteiger partial charge is 0.480 e. The summed E-state index contributed by atoms with van der Waals surface area (Å²) in [5.41, 5.74) is 0. The Labute approximate surface area is 101 Å². The van der Waals surface area contributed by atoms with E-state index in [1.54, 1.807) is 6.07 Å². The highest BCUT2D eigenvalue weighted by atomic mass is 35.5. The molecule has 1 heterocycles. The summed E-state index contributed by atoms with van der Waals surface area (Å²) in [5.74, 6) is -1.68. The van der Waals surface area contributed by atoms with Crippen LogP contribution in [0.4, 0.5) is 0 Å². The topological polar surface area (TPSA) is 86.6 Å². The van der Waals surface area contributed by atoms with Gasteiger partial charge in [0.1, 0.15) is 6.04 Å². The van der Waals surface area contributed by atoms with Crippen molar-refractivity contribution < 1.29 is 19.8 Å². The molecule has 88 valence electrons. The summed E-state index contributed by atoms with van der Waals surface area (Å²) in [6, 6.07) is 1.99. The van der Waals surface area contributed by atoms with Crippen LogP contribution < -0.4 is 5.32 Å². The van der Waals surface area contributed by atoms with Gasteiger partial charge in [0.15, 0.2) is 0 Å². The summed E-state index contributed by atoms with van der Waals surface area (Å²) in [6.07, 6.45) is -0.0276. The zero-order chi connectivity index (χ0) is 12.1. The van der Waals surface area contributed by atoms with Gasteiger partial charge in [-0.2, -0.15) is 0 Å². The molecule has 0 saturated carbocycles. The minimum absolute atomic E-state index is 0.0276. The van der Waals surface area contributed by atoms with Gasteiger partial charge < -0.3 is 15.5 Å². The number of amides is 1. The Bertz CT molecular complexity index is 393. The van der Waals surface area contributed by atoms with E-state index < -0.39 is 17.9 Å². The number of carbonyl (C=O) groups is 2. The molecular formula is C9H10ClNO4S. The first-order valence-electron chi connectivity index (χ1n) is 4.44. The standard InChI is InChI=1S/C9H10ClNO4S/c10-7-2-1-6(16-7)8(13)11-5(3-4-12)9(14)15/h1-2,5,12H,3-4H2,(H,11,13)(H,14,15)/t5-/m0/s1. The molecule has 0 aromatic carbocycles. The number of hydrogen-bond acceptors (Lipinski definition) is 4. The molecule has 0 bridgehead atoms. The minimum Gasteiger partial charge on any atom is -0.480 e. The smallest absolute Gasteiger partial charge is 0.326 e. The lowest BCUT2D eigenvalue weighted by molar-refractivity contribution is -0.139. The zero-order valence-corrected chi connectivity index (χ0v) is 9.72. The van der Waals surface area contributed by atoms with Crippen molar-refractivity contribution >= 4 is 34.8 Å². The maximum Gasteiger partial charge on any atom is 0.326 e. The van der Waals surface area contributed by atoms with Crippen molar-refractivity contribution in [1.82, 2.24) is 5.32 Å². The number of aliphatic hydroxyl groups is 1. The first kappa shape index (κ1) is 13.0. The van der Waals surface area contributed by atoms with E-state index >= 15 is 0 Å². The number of thiophene rings is 1. The molecule has 0 aliphatic carbocycles. The molecule has 0 fully saturated rings. The van der Waals surface area contributed by atoms with Crippen LogP contribution in [-0.4, -0.2) is 34.7 Å². The highest BCUT2D eigenvalue weighted by Gasteiger charge is 2.20. The van der Waals surface area contributed by atoms with E-state index in [0.29, 0.717) is 9.21 Å². The molecule has 1 aromatic heterocycles. The van der Waals surface area contributed by atoms with Gasteiger partial charge in [0.2, 0.25) is 0 Å². The number of carboxylic acid groups (broad SMARTS) is 1. The van der Waals surface area contributed by atoms with E-state index in [9.17, 15) is 9.59 Å². The SMILES string of the molecule is O=C(N[C@@H](CCO)C(=O)O)c1ccc(Cl)s1. The second kappa shape index (κ2) is 5.83. The lowest BCUT2D eigenvalue weighted by Gasteiger charge is -2.11. The number of carboxylic acids is 1. The molecule has 0 saturated heterocycles. The predicted molar refractivity (Wildman–Crippen MR) is 59.9 cm³/mol. The van der Waals surface area contributed by atoms with Gasteiger partial charge in [-0.15, -0.1) is 11.3 Å². The van der Waals surface area contributed by atoms with Crippen LogP contribution in [0.3, 0.4) is 0 Å². The fraction of sp³-hybridized carbons (Fsp3) is 0.333. The number of hydrogen-bond donors (Lipinski definition) is 3. The van der Waals surface area contributed by atoms with Gasteiger partial charge in [0.05, 0.1) is 9.21 Å². The fourth-order valence-electron chi connectivity index (χ4n) is 1.05. The number of rotatable bonds is 5. The van der Waals surface area contributed by atoms with Crippen molar-refractivity contribution in [2.75, 3.05) is 6.61 Å². The first-order chi connectivity index (χ1) is 7.54. The molecule has 1 rings (SSSR count). The Kier molecular flexibility index (Phi) is 4.72. The van der Waals surface area contributed by atoms with Crippen LogP contribution in [0.2, 0.25) is 4.34 Å². The number of aliphatic carboxylic acids is 1. The molecule has 5 nitrogen and oxygen atoms in total. The Hall–Kier alpha value is -1.11. The van der Waals surface area contributed by atoms with E-state index in [1.165, 1.54) is 6.07 Å². The van der Waals surface area contributed by atoms with Crippen LogP contribution in [0.15, 0.2) is 12.1 Å². The second-order valence-corrected chi connectivity index (χ2v) is 4.70. The van der Waals surface area contributed by atoms with Crippen molar-refractivity contribution in [3.8, 4) is 0 Å². The van der Waals surface area contributed by atoms with Crippen LogP contribution in [0, 0.1) is 0 Å². The van der Waals surface area contributed by atoms with Gasteiger partial charge in [-0.05, 0) is 12.1 Å². The third-order valence-electron chi connectivity index (χ3n) is 1.82. The van der Waals surface area contributed by atoms with Gasteiger partial charge in [0.25, 0.3) is 5.91 Å². The summed E-state index contributed by atoms with van der Waals surface area (Å²) >= 11 is 6.71. The Morgan fingerprint density at radius 1 is 1.50 bits per heavy atom. The van der Waals surface area contributed by atoms with Crippen molar-refractivity contribution in [3.63, 3.8) is 0 Å². The third kappa shape index (κ3) is 3.48. The summed E-state index contributed by atoms with van der Waals surface area (Å²) in [7, 11) is 0. The summed E-state index contributed by atoms with van der Waals surface area (Å²) in [5, 5.41) is 19.7. The van der Waals surface area contributed by atoms with Crippen LogP contribution in [-0.2, 0) is 4.79 Å². The lowest BCUT2D eigenvalue weighted by atomic mass is 10.2. The molecule has 1 aromatic rings. The summed E-state index contributed by atoms with van der Waals surface area (Å²) in [4.78, 5) is 22.6. The molecule has 0 unspecified atom stereocenters. The minimum atomic E-state index is -1.18. The molecule has 0 radical (unpaired) electrons. The van der Waals surface area contributed by atoms with Crippen molar-refractivity contribution in [2.45, 2.75) is 12.5 Å². The van der Waals surface area contributed by atoms with E-state index in [0.717, 1.165) is 11.3 Å². The Balaban J connectivity index is 2.65. The number of carbonyl (C=O) groups excluding carboxylic acids is 1. The Morgan fingerprint density at radius 2 is 2.19 bits per heavy atom.